The molecule has 0 bridgehead atoms. The predicted molar refractivity (Wildman–Crippen MR) is 51.2 cm³/mol. The van der Waals surface area contributed by atoms with Crippen LogP contribution in [0, 0.1) is 17.7 Å². The molecular weight excluding hydrogens is 217 g/mol. The molecule has 0 unspecified atom stereocenters. The summed E-state index contributed by atoms with van der Waals surface area (Å²) in [4.78, 5) is 6.47. The van der Waals surface area contributed by atoms with Gasteiger partial charge in [0.15, 0.2) is 0 Å². The summed E-state index contributed by atoms with van der Waals surface area (Å²) >= 11 is 0. The third-order valence-electron chi connectivity index (χ3n) is 2.02. The summed E-state index contributed by atoms with van der Waals surface area (Å²) in [6.07, 6.45) is 0.162. The molecule has 0 aliphatic heterocycles. The highest BCUT2D eigenvalue weighted by molar-refractivity contribution is 5.18. The molecule has 0 N–H and O–H groups in total. The Morgan fingerprint density at radius 3 is 2.00 bits per heavy atom. The van der Waals surface area contributed by atoms with Crippen LogP contribution in [0.2, 0.25) is 0 Å². The fraction of sp³-hybridized carbons (Fsp3) is 0.0909. The molecule has 1 aromatic heterocycles. The van der Waals surface area contributed by atoms with Crippen molar-refractivity contribution in [2.45, 2.75) is 6.42 Å². The molecule has 0 atom stereocenters. The van der Waals surface area contributed by atoms with Gasteiger partial charge in [-0.15, -0.1) is 0 Å². The van der Waals surface area contributed by atoms with Crippen molar-refractivity contribution < 1.29 is 13.2 Å². The minimum atomic E-state index is -1.64. The fourth-order valence-corrected chi connectivity index (χ4v) is 1.29. The minimum absolute atomic E-state index is 0.0809. The van der Waals surface area contributed by atoms with Crippen molar-refractivity contribution >= 4 is 0 Å². The van der Waals surface area contributed by atoms with Crippen LogP contribution in [-0.2, 0) is 6.42 Å². The summed E-state index contributed by atoms with van der Waals surface area (Å²) in [5.41, 5.74) is 0.799. The van der Waals surface area contributed by atoms with Gasteiger partial charge in [0.05, 0.1) is 0 Å². The molecule has 0 radical (unpaired) electrons. The van der Waals surface area contributed by atoms with E-state index >= 15 is 0 Å². The van der Waals surface area contributed by atoms with Crippen molar-refractivity contribution in [2.24, 2.45) is 0 Å². The number of hydrogen-bond donors (Lipinski definition) is 0. The zero-order chi connectivity index (χ0) is 11.5. The van der Waals surface area contributed by atoms with Crippen LogP contribution in [0.25, 0.3) is 0 Å². The number of rotatable bonds is 2. The van der Waals surface area contributed by atoms with Gasteiger partial charge in [0.2, 0.25) is 5.82 Å². The third-order valence-corrected chi connectivity index (χ3v) is 2.02. The molecule has 2 nitrogen and oxygen atoms in total. The van der Waals surface area contributed by atoms with Gasteiger partial charge in [-0.2, -0.15) is 13.2 Å². The van der Waals surface area contributed by atoms with Gasteiger partial charge in [0.25, 0.3) is 11.9 Å². The number of benzene rings is 1. The van der Waals surface area contributed by atoms with Crippen LogP contribution in [0.3, 0.4) is 0 Å². The molecule has 5 heteroatoms. The highest BCUT2D eigenvalue weighted by atomic mass is 19.2. The van der Waals surface area contributed by atoms with Gasteiger partial charge >= 0.3 is 0 Å². The normalized spacial score (nSPS) is 10.4. The SMILES string of the molecule is Fc1nc(Cc2ccccc2)nc(F)c1F. The average molecular weight is 224 g/mol. The summed E-state index contributed by atoms with van der Waals surface area (Å²) in [6, 6.07) is 8.92. The fourth-order valence-electron chi connectivity index (χ4n) is 1.29. The van der Waals surface area contributed by atoms with Crippen LogP contribution in [0.1, 0.15) is 11.4 Å². The first-order valence-corrected chi connectivity index (χ1v) is 4.58. The highest BCUT2D eigenvalue weighted by Crippen LogP contribution is 2.09. The zero-order valence-corrected chi connectivity index (χ0v) is 8.12. The quantitative estimate of drug-likeness (QED) is 0.732. The van der Waals surface area contributed by atoms with E-state index in [0.29, 0.717) is 0 Å². The van der Waals surface area contributed by atoms with Gasteiger partial charge in [-0.3, -0.25) is 0 Å². The lowest BCUT2D eigenvalue weighted by molar-refractivity contribution is 0.400. The van der Waals surface area contributed by atoms with Gasteiger partial charge in [0.1, 0.15) is 5.82 Å². The van der Waals surface area contributed by atoms with Gasteiger partial charge in [-0.1, -0.05) is 30.3 Å². The van der Waals surface area contributed by atoms with E-state index in [1.165, 1.54) is 0 Å². The zero-order valence-electron chi connectivity index (χ0n) is 8.12. The minimum Gasteiger partial charge on any atom is -0.201 e. The molecule has 0 aliphatic rings. The van der Waals surface area contributed by atoms with E-state index in [1.807, 2.05) is 6.07 Å². The van der Waals surface area contributed by atoms with E-state index in [2.05, 4.69) is 9.97 Å². The summed E-state index contributed by atoms with van der Waals surface area (Å²) in [5, 5.41) is 0. The molecule has 0 spiro atoms. The number of hydrogen-bond acceptors (Lipinski definition) is 2. The second kappa shape index (κ2) is 4.30. The van der Waals surface area contributed by atoms with Crippen molar-refractivity contribution in [1.82, 2.24) is 9.97 Å². The van der Waals surface area contributed by atoms with Crippen molar-refractivity contribution in [3.63, 3.8) is 0 Å². The second-order valence-electron chi connectivity index (χ2n) is 3.20. The Morgan fingerprint density at radius 2 is 1.44 bits per heavy atom. The molecule has 2 aromatic rings. The molecule has 16 heavy (non-hydrogen) atoms. The van der Waals surface area contributed by atoms with Gasteiger partial charge in [0, 0.05) is 6.42 Å². The lowest BCUT2D eigenvalue weighted by Crippen LogP contribution is -2.05. The maximum absolute atomic E-state index is 12.8. The molecule has 1 aromatic carbocycles. The smallest absolute Gasteiger partial charge is 0.201 e. The Balaban J connectivity index is 2.29. The second-order valence-corrected chi connectivity index (χ2v) is 3.20. The Morgan fingerprint density at radius 1 is 0.875 bits per heavy atom. The number of aromatic nitrogens is 2. The van der Waals surface area contributed by atoms with Gasteiger partial charge in [-0.05, 0) is 5.56 Å². The summed E-state index contributed by atoms with van der Waals surface area (Å²) in [5.74, 6) is -4.64. The van der Waals surface area contributed by atoms with Crippen LogP contribution in [0.15, 0.2) is 30.3 Å². The molecule has 0 saturated heterocycles. The summed E-state index contributed by atoms with van der Waals surface area (Å²) in [6.45, 7) is 0. The molecular formula is C11H7F3N2. The van der Waals surface area contributed by atoms with E-state index in [0.717, 1.165) is 5.56 Å². The Kier molecular flexibility index (Phi) is 2.85. The summed E-state index contributed by atoms with van der Waals surface area (Å²) in [7, 11) is 0. The topological polar surface area (TPSA) is 25.8 Å². The van der Waals surface area contributed by atoms with Crippen molar-refractivity contribution in [2.75, 3.05) is 0 Å². The van der Waals surface area contributed by atoms with E-state index < -0.39 is 17.7 Å². The highest BCUT2D eigenvalue weighted by Gasteiger charge is 2.13. The van der Waals surface area contributed by atoms with Crippen molar-refractivity contribution in [1.29, 1.82) is 0 Å². The Labute approximate surface area is 89.8 Å². The molecule has 2 rings (SSSR count). The summed E-state index contributed by atoms with van der Waals surface area (Å²) < 4.78 is 38.1. The predicted octanol–water partition coefficient (Wildman–Crippen LogP) is 2.48. The lowest BCUT2D eigenvalue weighted by atomic mass is 10.1. The molecule has 0 fully saturated rings. The monoisotopic (exact) mass is 224 g/mol. The van der Waals surface area contributed by atoms with Crippen molar-refractivity contribution in [3.8, 4) is 0 Å². The van der Waals surface area contributed by atoms with Gasteiger partial charge < -0.3 is 0 Å². The van der Waals surface area contributed by atoms with E-state index in [9.17, 15) is 13.2 Å². The first-order chi connectivity index (χ1) is 7.66. The maximum atomic E-state index is 12.8. The van der Waals surface area contributed by atoms with E-state index in [-0.39, 0.29) is 12.2 Å². The van der Waals surface area contributed by atoms with E-state index in [1.54, 1.807) is 24.3 Å². The largest absolute Gasteiger partial charge is 0.255 e. The third kappa shape index (κ3) is 2.18. The van der Waals surface area contributed by atoms with Crippen molar-refractivity contribution in [3.05, 3.63) is 59.4 Å². The van der Waals surface area contributed by atoms with E-state index in [4.69, 9.17) is 0 Å². The molecule has 82 valence electrons. The van der Waals surface area contributed by atoms with Crippen LogP contribution in [-0.4, -0.2) is 9.97 Å². The lowest BCUT2D eigenvalue weighted by Gasteiger charge is -2.01. The number of halogens is 3. The van der Waals surface area contributed by atoms with Crippen LogP contribution >= 0.6 is 0 Å². The Bertz CT molecular complexity index is 477. The maximum Gasteiger partial charge on any atom is 0.255 e. The van der Waals surface area contributed by atoms with Crippen LogP contribution in [0.4, 0.5) is 13.2 Å². The Hall–Kier alpha value is -1.91. The average Bonchev–Trinajstić information content (AvgIpc) is 2.27. The first kappa shape index (κ1) is 10.6. The standard InChI is InChI=1S/C11H7F3N2/c12-9-10(13)15-8(16-11(9)14)6-7-4-2-1-3-5-7/h1-5H,6H2. The molecule has 0 amide bonds. The van der Waals surface area contributed by atoms with Crippen LogP contribution < -0.4 is 0 Å². The molecule has 1 heterocycles. The molecule has 0 aliphatic carbocycles. The number of nitrogens with zero attached hydrogens (tertiary/aromatic N) is 2. The first-order valence-electron chi connectivity index (χ1n) is 4.58. The molecule has 0 saturated carbocycles. The van der Waals surface area contributed by atoms with Crippen LogP contribution in [0.5, 0.6) is 0 Å². The van der Waals surface area contributed by atoms with Gasteiger partial charge in [-0.25, -0.2) is 9.97 Å².